The Morgan fingerprint density at radius 1 is 1.08 bits per heavy atom. The van der Waals surface area contributed by atoms with Gasteiger partial charge in [0.05, 0.1) is 17.1 Å². The Morgan fingerprint density at radius 2 is 1.82 bits per heavy atom. The minimum atomic E-state index is -4.75. The third-order valence-corrected chi connectivity index (χ3v) is 6.51. The molecule has 3 aromatic rings. The summed E-state index contributed by atoms with van der Waals surface area (Å²) in [5.41, 5.74) is 0.160. The van der Waals surface area contributed by atoms with Crippen LogP contribution in [0.15, 0.2) is 65.3 Å². The van der Waals surface area contributed by atoms with Crippen molar-refractivity contribution in [1.29, 1.82) is 0 Å². The van der Waals surface area contributed by atoms with Crippen LogP contribution in [0.4, 0.5) is 18.9 Å². The second kappa shape index (κ2) is 10.8. The molecule has 8 nitrogen and oxygen atoms in total. The van der Waals surface area contributed by atoms with Gasteiger partial charge in [-0.1, -0.05) is 6.07 Å². The Hall–Kier alpha value is -3.94. The van der Waals surface area contributed by atoms with Gasteiger partial charge < -0.3 is 14.2 Å². The minimum absolute atomic E-state index is 0.0319. The van der Waals surface area contributed by atoms with Gasteiger partial charge in [-0.15, -0.1) is 0 Å². The average Bonchev–Trinajstić information content (AvgIpc) is 3.22. The molecule has 0 saturated heterocycles. The Bertz CT molecular complexity index is 1500. The van der Waals surface area contributed by atoms with Crippen molar-refractivity contribution in [3.8, 4) is 17.2 Å². The van der Waals surface area contributed by atoms with E-state index in [9.17, 15) is 28.1 Å². The Labute approximate surface area is 228 Å². The fraction of sp³-hybridized carbons (Fsp3) is 0.154. The number of hydrogen-bond acceptors (Lipinski definition) is 7. The minimum Gasteiger partial charge on any atom is -0.490 e. The summed E-state index contributed by atoms with van der Waals surface area (Å²) in [7, 11) is 0. The lowest BCUT2D eigenvalue weighted by Gasteiger charge is -2.13. The van der Waals surface area contributed by atoms with Gasteiger partial charge >= 0.3 is 17.8 Å². The van der Waals surface area contributed by atoms with Crippen LogP contribution in [0.3, 0.4) is 0 Å². The molecule has 0 unspecified atom stereocenters. The van der Waals surface area contributed by atoms with E-state index in [1.165, 1.54) is 24.3 Å². The van der Waals surface area contributed by atoms with E-state index < -0.39 is 34.1 Å². The van der Waals surface area contributed by atoms with Crippen LogP contribution in [0.25, 0.3) is 6.08 Å². The fourth-order valence-electron chi connectivity index (χ4n) is 3.48. The van der Waals surface area contributed by atoms with E-state index in [1.54, 1.807) is 13.0 Å². The van der Waals surface area contributed by atoms with Crippen molar-refractivity contribution in [2.45, 2.75) is 20.0 Å². The van der Waals surface area contributed by atoms with Gasteiger partial charge in [0, 0.05) is 15.2 Å². The Kier molecular flexibility index (Phi) is 7.71. The van der Waals surface area contributed by atoms with Crippen molar-refractivity contribution in [3.05, 3.63) is 96.2 Å². The van der Waals surface area contributed by atoms with E-state index >= 15 is 0 Å². The van der Waals surface area contributed by atoms with E-state index in [4.69, 9.17) is 14.2 Å². The number of carbonyl (C=O) groups is 1. The summed E-state index contributed by atoms with van der Waals surface area (Å²) < 4.78 is 56.6. The van der Waals surface area contributed by atoms with Crippen LogP contribution in [-0.2, 0) is 15.7 Å². The number of ether oxygens (including phenoxy) is 3. The summed E-state index contributed by atoms with van der Waals surface area (Å²) >= 11 is 2.20. The second-order valence-electron chi connectivity index (χ2n) is 7.98. The number of rotatable bonds is 7. The number of nitro benzene ring substituents is 1. The first-order valence-electron chi connectivity index (χ1n) is 11.1. The summed E-state index contributed by atoms with van der Waals surface area (Å²) in [6, 6.07) is 12.0. The lowest BCUT2D eigenvalue weighted by atomic mass is 10.1. The lowest BCUT2D eigenvalue weighted by molar-refractivity contribution is -0.385. The average molecular weight is 638 g/mol. The predicted molar refractivity (Wildman–Crippen MR) is 140 cm³/mol. The van der Waals surface area contributed by atoms with E-state index in [0.29, 0.717) is 23.3 Å². The maximum absolute atomic E-state index is 13.0. The van der Waals surface area contributed by atoms with E-state index in [0.717, 1.165) is 15.2 Å². The highest BCUT2D eigenvalue weighted by atomic mass is 127. The van der Waals surface area contributed by atoms with Gasteiger partial charge in [-0.2, -0.15) is 13.2 Å². The zero-order chi connectivity index (χ0) is 27.6. The highest BCUT2D eigenvalue weighted by Gasteiger charge is 2.33. The summed E-state index contributed by atoms with van der Waals surface area (Å²) in [4.78, 5) is 27.2. The molecule has 0 saturated carbocycles. The molecule has 0 N–H and O–H groups in total. The number of alkyl halides is 3. The van der Waals surface area contributed by atoms with Crippen LogP contribution in [0, 0.1) is 20.6 Å². The highest BCUT2D eigenvalue weighted by molar-refractivity contribution is 14.1. The summed E-state index contributed by atoms with van der Waals surface area (Å²) in [6.45, 7) is 3.82. The van der Waals surface area contributed by atoms with Crippen molar-refractivity contribution in [2.24, 2.45) is 4.99 Å². The quantitative estimate of drug-likeness (QED) is 0.0904. The standard InChI is InChI=1S/C26H18F3IN2O6/c1-3-36-23-12-15(11-19-25(33)38-24(31-19)16-5-7-18(30)14(2)10-16)4-8-22(23)37-21-9-6-17(26(27,28)29)13-20(21)32(34)35/h4-13H,3H2,1-2H3/b19-11-. The van der Waals surface area contributed by atoms with E-state index in [-0.39, 0.29) is 29.7 Å². The molecule has 4 rings (SSSR count). The number of aliphatic imine (C=N–C) groups is 1. The molecular weight excluding hydrogens is 620 g/mol. The van der Waals surface area contributed by atoms with Gasteiger partial charge in [-0.25, -0.2) is 9.79 Å². The van der Waals surface area contributed by atoms with Crippen LogP contribution in [0.5, 0.6) is 17.2 Å². The van der Waals surface area contributed by atoms with Crippen molar-refractivity contribution in [1.82, 2.24) is 0 Å². The van der Waals surface area contributed by atoms with Gasteiger partial charge in [0.1, 0.15) is 0 Å². The molecule has 3 aromatic carbocycles. The maximum atomic E-state index is 13.0. The highest BCUT2D eigenvalue weighted by Crippen LogP contribution is 2.40. The monoisotopic (exact) mass is 638 g/mol. The number of carbonyl (C=O) groups excluding carboxylic acids is 1. The normalized spacial score (nSPS) is 14.3. The van der Waals surface area contributed by atoms with Gasteiger partial charge in [-0.05, 0) is 96.1 Å². The van der Waals surface area contributed by atoms with Crippen molar-refractivity contribution in [3.63, 3.8) is 0 Å². The molecule has 0 aliphatic carbocycles. The molecule has 0 radical (unpaired) electrons. The zero-order valence-corrected chi connectivity index (χ0v) is 22.0. The SMILES string of the molecule is CCOc1cc(/C=C2\N=C(c3ccc(I)c(C)c3)OC2=O)ccc1Oc1ccc(C(F)(F)F)cc1[N+](=O)[O-]. The molecule has 0 aromatic heterocycles. The largest absolute Gasteiger partial charge is 0.490 e. The van der Waals surface area contributed by atoms with Crippen LogP contribution in [0.1, 0.15) is 29.2 Å². The molecule has 0 spiro atoms. The van der Waals surface area contributed by atoms with Crippen molar-refractivity contribution < 1.29 is 37.1 Å². The maximum Gasteiger partial charge on any atom is 0.416 e. The summed E-state index contributed by atoms with van der Waals surface area (Å²) in [6.07, 6.45) is -3.28. The summed E-state index contributed by atoms with van der Waals surface area (Å²) in [5.74, 6) is -0.684. The third kappa shape index (κ3) is 5.96. The third-order valence-electron chi connectivity index (χ3n) is 5.30. The van der Waals surface area contributed by atoms with Gasteiger partial charge in [0.15, 0.2) is 17.2 Å². The molecule has 38 heavy (non-hydrogen) atoms. The van der Waals surface area contributed by atoms with Gasteiger partial charge in [-0.3, -0.25) is 10.1 Å². The molecule has 0 fully saturated rings. The molecular formula is C26H18F3IN2O6. The Morgan fingerprint density at radius 3 is 2.47 bits per heavy atom. The molecule has 1 aliphatic rings. The molecule has 0 amide bonds. The smallest absolute Gasteiger partial charge is 0.416 e. The van der Waals surface area contributed by atoms with Crippen molar-refractivity contribution in [2.75, 3.05) is 6.61 Å². The first-order valence-corrected chi connectivity index (χ1v) is 12.1. The molecule has 1 aliphatic heterocycles. The van der Waals surface area contributed by atoms with E-state index in [1.807, 2.05) is 19.1 Å². The number of hydrogen-bond donors (Lipinski definition) is 0. The first-order chi connectivity index (χ1) is 18.0. The van der Waals surface area contributed by atoms with Gasteiger partial charge in [0.25, 0.3) is 0 Å². The topological polar surface area (TPSA) is 100 Å². The van der Waals surface area contributed by atoms with Crippen LogP contribution >= 0.6 is 22.6 Å². The number of cyclic esters (lactones) is 1. The number of benzene rings is 3. The summed E-state index contributed by atoms with van der Waals surface area (Å²) in [5, 5.41) is 11.4. The molecule has 0 atom stereocenters. The zero-order valence-electron chi connectivity index (χ0n) is 19.8. The number of esters is 1. The first kappa shape index (κ1) is 27.1. The van der Waals surface area contributed by atoms with E-state index in [2.05, 4.69) is 27.6 Å². The van der Waals surface area contributed by atoms with Crippen molar-refractivity contribution >= 4 is 46.2 Å². The second-order valence-corrected chi connectivity index (χ2v) is 9.14. The fourth-order valence-corrected chi connectivity index (χ4v) is 3.81. The number of nitrogens with zero attached hydrogens (tertiary/aromatic N) is 2. The number of halogens is 4. The molecule has 12 heteroatoms. The predicted octanol–water partition coefficient (Wildman–Crippen LogP) is 7.06. The Balaban J connectivity index is 1.65. The van der Waals surface area contributed by atoms with Crippen LogP contribution in [-0.4, -0.2) is 23.4 Å². The molecule has 196 valence electrons. The molecule has 1 heterocycles. The van der Waals surface area contributed by atoms with Crippen LogP contribution in [0.2, 0.25) is 0 Å². The van der Waals surface area contributed by atoms with Gasteiger partial charge in [0.2, 0.25) is 11.6 Å². The number of aryl methyl sites for hydroxylation is 1. The lowest BCUT2D eigenvalue weighted by Crippen LogP contribution is -2.06. The van der Waals surface area contributed by atoms with Crippen LogP contribution < -0.4 is 9.47 Å². The number of nitro groups is 1. The molecule has 0 bridgehead atoms.